The molecule has 0 amide bonds. The molecule has 6 heteroatoms. The number of aromatic nitrogens is 3. The van der Waals surface area contributed by atoms with Crippen molar-refractivity contribution in [3.05, 3.63) is 53.1 Å². The number of hydrogen-bond donors (Lipinski definition) is 1. The molecule has 1 aromatic heterocycles. The summed E-state index contributed by atoms with van der Waals surface area (Å²) in [5, 5.41) is 16.2. The summed E-state index contributed by atoms with van der Waals surface area (Å²) in [6.45, 7) is 2.30. The van der Waals surface area contributed by atoms with Crippen LogP contribution in [0.25, 0.3) is 6.08 Å². The Morgan fingerprint density at radius 2 is 2.12 bits per heavy atom. The number of nitrogens with zero attached hydrogens (tertiary/aromatic N) is 3. The van der Waals surface area contributed by atoms with Gasteiger partial charge in [-0.1, -0.05) is 35.4 Å². The predicted octanol–water partition coefficient (Wildman–Crippen LogP) is 3.34. The molecular weight excluding hydrogens is 326 g/mol. The minimum absolute atomic E-state index is 0.343. The molecule has 1 aromatic carbocycles. The molecule has 0 bridgehead atoms. The number of aliphatic hydroxyl groups is 1. The molecule has 0 unspecified atom stereocenters. The molecule has 0 aliphatic heterocycles. The minimum Gasteiger partial charge on any atom is -0.385 e. The molecule has 2 aromatic rings. The lowest BCUT2D eigenvalue weighted by Crippen LogP contribution is -2.58. The maximum absolute atomic E-state index is 11.4. The molecule has 3 rings (SSSR count). The average molecular weight is 348 g/mol. The third-order valence-corrected chi connectivity index (χ3v) is 5.26. The first-order valence-corrected chi connectivity index (χ1v) is 8.37. The van der Waals surface area contributed by atoms with Crippen molar-refractivity contribution in [2.45, 2.75) is 43.9 Å². The highest BCUT2D eigenvalue weighted by atomic mass is 35.5. The van der Waals surface area contributed by atoms with E-state index in [2.05, 4.69) is 16.2 Å². The monoisotopic (exact) mass is 347 g/mol. The highest BCUT2D eigenvalue weighted by Crippen LogP contribution is 2.43. The van der Waals surface area contributed by atoms with Crippen LogP contribution in [0, 0.1) is 0 Å². The molecular formula is C18H22ClN3O2. The lowest BCUT2D eigenvalue weighted by Gasteiger charge is -2.48. The summed E-state index contributed by atoms with van der Waals surface area (Å²) in [6, 6.07) is 7.71. The van der Waals surface area contributed by atoms with Crippen LogP contribution in [-0.4, -0.2) is 38.2 Å². The fraction of sp³-hybridized carbons (Fsp3) is 0.444. The molecule has 128 valence electrons. The lowest BCUT2D eigenvalue weighted by molar-refractivity contribution is -0.180. The lowest BCUT2D eigenvalue weighted by atomic mass is 9.70. The van der Waals surface area contributed by atoms with E-state index in [1.54, 1.807) is 18.1 Å². The van der Waals surface area contributed by atoms with Gasteiger partial charge in [0.2, 0.25) is 0 Å². The van der Waals surface area contributed by atoms with Crippen molar-refractivity contribution >= 4 is 17.7 Å². The summed E-state index contributed by atoms with van der Waals surface area (Å²) in [5.74, 6) is 0. The van der Waals surface area contributed by atoms with Gasteiger partial charge in [-0.3, -0.25) is 0 Å². The van der Waals surface area contributed by atoms with Crippen LogP contribution in [0.1, 0.15) is 31.7 Å². The topological polar surface area (TPSA) is 60.2 Å². The van der Waals surface area contributed by atoms with E-state index in [1.807, 2.05) is 31.2 Å². The number of methoxy groups -OCH3 is 1. The summed E-state index contributed by atoms with van der Waals surface area (Å²) < 4.78 is 7.36. The van der Waals surface area contributed by atoms with E-state index in [-0.39, 0.29) is 0 Å². The second-order valence-corrected chi connectivity index (χ2v) is 7.03. The Balaban J connectivity index is 1.87. The Labute approximate surface area is 146 Å². The number of rotatable bonds is 4. The van der Waals surface area contributed by atoms with Crippen molar-refractivity contribution in [3.63, 3.8) is 0 Å². The van der Waals surface area contributed by atoms with Crippen LogP contribution < -0.4 is 0 Å². The summed E-state index contributed by atoms with van der Waals surface area (Å²) in [6.07, 6.45) is 7.37. The maximum atomic E-state index is 11.4. The van der Waals surface area contributed by atoms with Gasteiger partial charge < -0.3 is 9.84 Å². The number of ether oxygens (including phenoxy) is 1. The van der Waals surface area contributed by atoms with Crippen LogP contribution in [0.4, 0.5) is 0 Å². The van der Waals surface area contributed by atoms with Crippen LogP contribution in [0.5, 0.6) is 0 Å². The van der Waals surface area contributed by atoms with Crippen molar-refractivity contribution in [2.24, 2.45) is 0 Å². The fourth-order valence-electron chi connectivity index (χ4n) is 3.30. The zero-order chi connectivity index (χ0) is 17.2. The first-order valence-electron chi connectivity index (χ1n) is 7.99. The van der Waals surface area contributed by atoms with Crippen molar-refractivity contribution < 1.29 is 9.84 Å². The van der Waals surface area contributed by atoms with E-state index in [0.717, 1.165) is 23.4 Å². The molecule has 1 heterocycles. The molecule has 1 aliphatic rings. The van der Waals surface area contributed by atoms with E-state index in [4.69, 9.17) is 16.3 Å². The number of benzene rings is 1. The van der Waals surface area contributed by atoms with E-state index in [0.29, 0.717) is 13.0 Å². The molecule has 0 radical (unpaired) electrons. The molecule has 0 saturated heterocycles. The summed E-state index contributed by atoms with van der Waals surface area (Å²) in [4.78, 5) is 3.96. The number of halogens is 1. The Bertz CT molecular complexity index is 714. The molecule has 5 nitrogen and oxygen atoms in total. The van der Waals surface area contributed by atoms with E-state index < -0.39 is 11.2 Å². The van der Waals surface area contributed by atoms with Crippen molar-refractivity contribution in [1.82, 2.24) is 14.8 Å². The van der Waals surface area contributed by atoms with Crippen LogP contribution in [0.2, 0.25) is 5.02 Å². The molecule has 2 atom stereocenters. The van der Waals surface area contributed by atoms with Gasteiger partial charge in [0.15, 0.2) is 0 Å². The van der Waals surface area contributed by atoms with Gasteiger partial charge in [-0.2, -0.15) is 5.10 Å². The van der Waals surface area contributed by atoms with Crippen LogP contribution in [0.15, 0.2) is 42.5 Å². The van der Waals surface area contributed by atoms with Gasteiger partial charge in [-0.05, 0) is 37.5 Å². The largest absolute Gasteiger partial charge is 0.385 e. The molecule has 1 N–H and O–H groups in total. The normalized spacial score (nSPS) is 29.1. The molecule has 1 fully saturated rings. The third kappa shape index (κ3) is 3.38. The quantitative estimate of drug-likeness (QED) is 0.921. The van der Waals surface area contributed by atoms with E-state index in [9.17, 15) is 5.11 Å². The average Bonchev–Trinajstić information content (AvgIpc) is 3.06. The van der Waals surface area contributed by atoms with Crippen LogP contribution in [0.3, 0.4) is 0 Å². The molecule has 0 spiro atoms. The third-order valence-electron chi connectivity index (χ3n) is 5.01. The molecule has 1 saturated carbocycles. The van der Waals surface area contributed by atoms with Gasteiger partial charge >= 0.3 is 0 Å². The standard InChI is InChI=1S/C18H22ClN3O2/c1-17(24-2)8-7-15(9-14-3-5-16(19)6-4-14)10-18(17,23)11-22-13-20-12-21-22/h3-6,9,12-13,23H,7-8,10-11H2,1-2H3/b15-9+/t17-,18-/m0/s1. The fourth-order valence-corrected chi connectivity index (χ4v) is 3.42. The molecule has 1 aliphatic carbocycles. The Hall–Kier alpha value is -1.69. The van der Waals surface area contributed by atoms with Gasteiger partial charge in [0.1, 0.15) is 18.3 Å². The van der Waals surface area contributed by atoms with Gasteiger partial charge in [0.25, 0.3) is 0 Å². The minimum atomic E-state index is -1.05. The highest BCUT2D eigenvalue weighted by Gasteiger charge is 2.50. The summed E-state index contributed by atoms with van der Waals surface area (Å²) in [7, 11) is 1.65. The molecule has 24 heavy (non-hydrogen) atoms. The Morgan fingerprint density at radius 1 is 1.38 bits per heavy atom. The van der Waals surface area contributed by atoms with Crippen molar-refractivity contribution in [3.8, 4) is 0 Å². The van der Waals surface area contributed by atoms with Gasteiger partial charge in [-0.25, -0.2) is 9.67 Å². The van der Waals surface area contributed by atoms with Crippen molar-refractivity contribution in [2.75, 3.05) is 7.11 Å². The first kappa shape index (κ1) is 17.1. The smallest absolute Gasteiger partial charge is 0.137 e. The SMILES string of the molecule is CO[C@@]1(C)CC/C(=C\c2ccc(Cl)cc2)C[C@]1(O)Cn1cncn1. The zero-order valence-electron chi connectivity index (χ0n) is 13.9. The van der Waals surface area contributed by atoms with Gasteiger partial charge in [0, 0.05) is 18.6 Å². The Kier molecular flexibility index (Phi) is 4.76. The van der Waals surface area contributed by atoms with Gasteiger partial charge in [-0.15, -0.1) is 0 Å². The highest BCUT2D eigenvalue weighted by molar-refractivity contribution is 6.30. The predicted molar refractivity (Wildman–Crippen MR) is 93.7 cm³/mol. The van der Waals surface area contributed by atoms with E-state index in [1.165, 1.54) is 11.9 Å². The number of hydrogen-bond acceptors (Lipinski definition) is 4. The van der Waals surface area contributed by atoms with Crippen LogP contribution >= 0.6 is 11.6 Å². The van der Waals surface area contributed by atoms with Gasteiger partial charge in [0.05, 0.1) is 12.1 Å². The van der Waals surface area contributed by atoms with Crippen LogP contribution in [-0.2, 0) is 11.3 Å². The second kappa shape index (κ2) is 6.67. The zero-order valence-corrected chi connectivity index (χ0v) is 14.7. The maximum Gasteiger partial charge on any atom is 0.137 e. The van der Waals surface area contributed by atoms with Crippen molar-refractivity contribution in [1.29, 1.82) is 0 Å². The second-order valence-electron chi connectivity index (χ2n) is 6.59. The summed E-state index contributed by atoms with van der Waals surface area (Å²) >= 11 is 5.94. The summed E-state index contributed by atoms with van der Waals surface area (Å²) in [5.41, 5.74) is 0.593. The first-order chi connectivity index (χ1) is 11.4. The van der Waals surface area contributed by atoms with E-state index >= 15 is 0 Å². The Morgan fingerprint density at radius 3 is 2.75 bits per heavy atom.